The Morgan fingerprint density at radius 2 is 2.14 bits per heavy atom. The highest BCUT2D eigenvalue weighted by atomic mass is 79.9. The Balaban J connectivity index is 1.85. The molecule has 3 aromatic rings. The number of nitrogens with zero attached hydrogens (tertiary/aromatic N) is 1. The van der Waals surface area contributed by atoms with Crippen molar-refractivity contribution in [3.05, 3.63) is 46.6 Å². The second-order valence-corrected chi connectivity index (χ2v) is 5.85. The largest absolute Gasteiger partial charge is 0.444 e. The van der Waals surface area contributed by atoms with Gasteiger partial charge in [0.05, 0.1) is 11.0 Å². The molecule has 0 aliphatic carbocycles. The van der Waals surface area contributed by atoms with Gasteiger partial charge in [0.25, 0.3) is 5.91 Å². The summed E-state index contributed by atoms with van der Waals surface area (Å²) in [6.07, 6.45) is 0. The number of aromatic nitrogens is 2. The van der Waals surface area contributed by atoms with Crippen molar-refractivity contribution in [1.82, 2.24) is 9.97 Å². The quantitative estimate of drug-likeness (QED) is 0.742. The minimum Gasteiger partial charge on any atom is -0.444 e. The van der Waals surface area contributed by atoms with Gasteiger partial charge < -0.3 is 14.7 Å². The summed E-state index contributed by atoms with van der Waals surface area (Å²) in [6.45, 7) is 4.16. The van der Waals surface area contributed by atoms with E-state index in [1.165, 1.54) is 0 Å². The average Bonchev–Trinajstić information content (AvgIpc) is 3.04. The van der Waals surface area contributed by atoms with Gasteiger partial charge in [-0.25, -0.2) is 4.98 Å². The number of aromatic amines is 1. The van der Waals surface area contributed by atoms with E-state index in [1.807, 2.05) is 18.2 Å². The van der Waals surface area contributed by atoms with E-state index in [4.69, 9.17) is 4.42 Å². The number of hydrogen-bond donors (Lipinski definition) is 2. The number of halogens is 1. The first-order chi connectivity index (χ1) is 10.0. The Bertz CT molecular complexity index is 804. The highest BCUT2D eigenvalue weighted by Crippen LogP contribution is 2.21. The normalized spacial score (nSPS) is 11.2. The van der Waals surface area contributed by atoms with Crippen LogP contribution in [0.2, 0.25) is 0 Å². The summed E-state index contributed by atoms with van der Waals surface area (Å²) in [5.74, 6) is 1.23. The van der Waals surface area contributed by atoms with E-state index < -0.39 is 0 Å². The van der Waals surface area contributed by atoms with Crippen molar-refractivity contribution < 1.29 is 9.21 Å². The first kappa shape index (κ1) is 13.9. The van der Waals surface area contributed by atoms with Crippen molar-refractivity contribution in [2.45, 2.75) is 19.8 Å². The molecule has 0 radical (unpaired) electrons. The minimum absolute atomic E-state index is 0.259. The monoisotopic (exact) mass is 347 g/mol. The zero-order valence-electron chi connectivity index (χ0n) is 11.6. The highest BCUT2D eigenvalue weighted by molar-refractivity contribution is 9.10. The maximum Gasteiger partial charge on any atom is 0.291 e. The number of anilines is 1. The van der Waals surface area contributed by atoms with Gasteiger partial charge in [0.1, 0.15) is 5.82 Å². The number of H-pyrrole nitrogens is 1. The predicted octanol–water partition coefficient (Wildman–Crippen LogP) is 4.29. The van der Waals surface area contributed by atoms with Crippen molar-refractivity contribution >= 4 is 38.6 Å². The molecule has 2 N–H and O–H groups in total. The highest BCUT2D eigenvalue weighted by Gasteiger charge is 2.12. The van der Waals surface area contributed by atoms with Crippen molar-refractivity contribution in [1.29, 1.82) is 0 Å². The fourth-order valence-electron chi connectivity index (χ4n) is 2.01. The molecule has 2 aromatic heterocycles. The van der Waals surface area contributed by atoms with Gasteiger partial charge in [0.15, 0.2) is 10.4 Å². The Hall–Kier alpha value is -2.08. The topological polar surface area (TPSA) is 70.9 Å². The smallest absolute Gasteiger partial charge is 0.291 e. The van der Waals surface area contributed by atoms with E-state index in [-0.39, 0.29) is 11.7 Å². The molecule has 0 spiro atoms. The fraction of sp³-hybridized carbons (Fsp3) is 0.200. The third-order valence-corrected chi connectivity index (χ3v) is 3.53. The number of hydrogen-bond acceptors (Lipinski definition) is 3. The van der Waals surface area contributed by atoms with Gasteiger partial charge in [0.2, 0.25) is 0 Å². The maximum absolute atomic E-state index is 12.0. The molecule has 0 unspecified atom stereocenters. The molecule has 0 atom stereocenters. The number of amides is 1. The summed E-state index contributed by atoms with van der Waals surface area (Å²) < 4.78 is 5.75. The number of benzene rings is 1. The minimum atomic E-state index is -0.288. The third kappa shape index (κ3) is 2.85. The Morgan fingerprint density at radius 1 is 1.33 bits per heavy atom. The molecule has 5 nitrogen and oxygen atoms in total. The molecule has 0 saturated carbocycles. The van der Waals surface area contributed by atoms with Crippen LogP contribution < -0.4 is 5.32 Å². The van der Waals surface area contributed by atoms with Crippen molar-refractivity contribution in [3.63, 3.8) is 0 Å². The lowest BCUT2D eigenvalue weighted by Gasteiger charge is -2.02. The zero-order chi connectivity index (χ0) is 15.0. The maximum atomic E-state index is 12.0. The number of imidazole rings is 1. The second kappa shape index (κ2) is 5.37. The van der Waals surface area contributed by atoms with E-state index in [0.29, 0.717) is 16.3 Å². The molecule has 3 rings (SSSR count). The molecule has 0 bridgehead atoms. The lowest BCUT2D eigenvalue weighted by Crippen LogP contribution is -2.10. The van der Waals surface area contributed by atoms with Crippen LogP contribution in [0.5, 0.6) is 0 Å². The summed E-state index contributed by atoms with van der Waals surface area (Å²) in [6, 6.07) is 8.87. The summed E-state index contributed by atoms with van der Waals surface area (Å²) in [5.41, 5.74) is 2.48. The second-order valence-electron chi connectivity index (χ2n) is 5.07. The lowest BCUT2D eigenvalue weighted by atomic mass is 10.2. The molecular formula is C15H14BrN3O2. The van der Waals surface area contributed by atoms with E-state index in [9.17, 15) is 4.79 Å². The molecule has 2 heterocycles. The van der Waals surface area contributed by atoms with Gasteiger partial charge in [-0.05, 0) is 46.3 Å². The van der Waals surface area contributed by atoms with E-state index in [1.54, 1.807) is 12.1 Å². The summed E-state index contributed by atoms with van der Waals surface area (Å²) in [7, 11) is 0. The zero-order valence-corrected chi connectivity index (χ0v) is 13.2. The van der Waals surface area contributed by atoms with E-state index in [2.05, 4.69) is 45.1 Å². The molecule has 0 saturated heterocycles. The van der Waals surface area contributed by atoms with Crippen LogP contribution >= 0.6 is 15.9 Å². The van der Waals surface area contributed by atoms with Crippen LogP contribution in [0.4, 0.5) is 5.69 Å². The van der Waals surface area contributed by atoms with Crippen LogP contribution in [0, 0.1) is 0 Å². The summed E-state index contributed by atoms with van der Waals surface area (Å²) in [4.78, 5) is 19.8. The van der Waals surface area contributed by atoms with Gasteiger partial charge in [-0.1, -0.05) is 13.8 Å². The number of carbonyl (C=O) groups excluding carboxylic acids is 1. The van der Waals surface area contributed by atoms with Crippen LogP contribution in [-0.2, 0) is 0 Å². The first-order valence-corrected chi connectivity index (χ1v) is 7.38. The van der Waals surface area contributed by atoms with Gasteiger partial charge in [-0.3, -0.25) is 4.79 Å². The van der Waals surface area contributed by atoms with Crippen LogP contribution in [-0.4, -0.2) is 15.9 Å². The Labute approximate surface area is 129 Å². The van der Waals surface area contributed by atoms with Crippen molar-refractivity contribution in [2.75, 3.05) is 5.32 Å². The molecule has 21 heavy (non-hydrogen) atoms. The lowest BCUT2D eigenvalue weighted by molar-refractivity contribution is 0.0995. The fourth-order valence-corrected chi connectivity index (χ4v) is 2.32. The van der Waals surface area contributed by atoms with E-state index in [0.717, 1.165) is 16.9 Å². The van der Waals surface area contributed by atoms with E-state index >= 15 is 0 Å². The van der Waals surface area contributed by atoms with Crippen molar-refractivity contribution in [3.8, 4) is 0 Å². The third-order valence-electron chi connectivity index (χ3n) is 3.10. The van der Waals surface area contributed by atoms with Gasteiger partial charge in [-0.2, -0.15) is 0 Å². The number of nitrogens with one attached hydrogen (secondary N) is 2. The van der Waals surface area contributed by atoms with Gasteiger partial charge >= 0.3 is 0 Å². The number of furan rings is 1. The van der Waals surface area contributed by atoms with Crippen LogP contribution in [0.1, 0.15) is 36.1 Å². The number of rotatable bonds is 3. The Morgan fingerprint density at radius 3 is 2.81 bits per heavy atom. The molecular weight excluding hydrogens is 334 g/mol. The van der Waals surface area contributed by atoms with Crippen LogP contribution in [0.3, 0.4) is 0 Å². The van der Waals surface area contributed by atoms with Crippen molar-refractivity contribution in [2.24, 2.45) is 0 Å². The molecule has 108 valence electrons. The standard InChI is InChI=1S/C15H14BrN3O2/c1-8(2)14-18-10-4-3-9(7-11(10)19-14)17-15(20)12-5-6-13(16)21-12/h3-8H,1-2H3,(H,17,20)(H,18,19). The first-order valence-electron chi connectivity index (χ1n) is 6.59. The molecule has 0 fully saturated rings. The van der Waals surface area contributed by atoms with Gasteiger partial charge in [-0.15, -0.1) is 0 Å². The predicted molar refractivity (Wildman–Crippen MR) is 84.5 cm³/mol. The summed E-state index contributed by atoms with van der Waals surface area (Å²) >= 11 is 3.17. The molecule has 0 aliphatic heterocycles. The molecule has 1 amide bonds. The van der Waals surface area contributed by atoms with Gasteiger partial charge in [0, 0.05) is 11.6 Å². The number of carbonyl (C=O) groups is 1. The SMILES string of the molecule is CC(C)c1nc2ccc(NC(=O)c3ccc(Br)o3)cc2[nH]1. The summed E-state index contributed by atoms with van der Waals surface area (Å²) in [5, 5.41) is 2.80. The Kier molecular flexibility index (Phi) is 3.55. The van der Waals surface area contributed by atoms with Crippen LogP contribution in [0.25, 0.3) is 11.0 Å². The number of fused-ring (bicyclic) bond motifs is 1. The molecule has 1 aromatic carbocycles. The molecule has 0 aliphatic rings. The average molecular weight is 348 g/mol. The molecule has 6 heteroatoms. The van der Waals surface area contributed by atoms with Crippen LogP contribution in [0.15, 0.2) is 39.4 Å².